The van der Waals surface area contributed by atoms with Crippen molar-refractivity contribution in [3.05, 3.63) is 23.2 Å². The quantitative estimate of drug-likeness (QED) is 0.830. The molecule has 0 N–H and O–H groups in total. The van der Waals surface area contributed by atoms with E-state index in [0.717, 1.165) is 37.4 Å². The molecule has 0 spiro atoms. The highest BCUT2D eigenvalue weighted by Crippen LogP contribution is 2.24. The van der Waals surface area contributed by atoms with Crippen molar-refractivity contribution in [2.24, 2.45) is 0 Å². The normalized spacial score (nSPS) is 23.9. The Kier molecular flexibility index (Phi) is 4.41. The van der Waals surface area contributed by atoms with Gasteiger partial charge in [-0.05, 0) is 32.0 Å². The van der Waals surface area contributed by atoms with Gasteiger partial charge in [0, 0.05) is 38.2 Å². The van der Waals surface area contributed by atoms with Crippen LogP contribution in [0.15, 0.2) is 10.5 Å². The molecule has 0 aromatic carbocycles. The van der Waals surface area contributed by atoms with Crippen LogP contribution in [0.3, 0.4) is 0 Å². The van der Waals surface area contributed by atoms with Gasteiger partial charge in [-0.15, -0.1) is 0 Å². The van der Waals surface area contributed by atoms with Gasteiger partial charge in [0.2, 0.25) is 0 Å². The molecule has 7 nitrogen and oxygen atoms in total. The molecule has 4 heterocycles. The Morgan fingerprint density at radius 2 is 2.04 bits per heavy atom. The van der Waals surface area contributed by atoms with Crippen LogP contribution in [0, 0.1) is 0 Å². The lowest BCUT2D eigenvalue weighted by Crippen LogP contribution is -2.53. The minimum atomic E-state index is -0.267. The predicted molar refractivity (Wildman–Crippen MR) is 90.3 cm³/mol. The minimum Gasteiger partial charge on any atom is -0.456 e. The molecule has 3 saturated heterocycles. The van der Waals surface area contributed by atoms with Gasteiger partial charge in [-0.3, -0.25) is 14.6 Å². The largest absolute Gasteiger partial charge is 0.456 e. The minimum absolute atomic E-state index is 0.0325. The van der Waals surface area contributed by atoms with Crippen LogP contribution in [0.25, 0.3) is 0 Å². The lowest BCUT2D eigenvalue weighted by molar-refractivity contribution is 0.0585. The molecule has 0 saturated carbocycles. The van der Waals surface area contributed by atoms with Gasteiger partial charge in [-0.25, -0.2) is 4.79 Å². The maximum Gasteiger partial charge on any atom is 0.410 e. The van der Waals surface area contributed by atoms with Gasteiger partial charge >= 0.3 is 6.09 Å². The first kappa shape index (κ1) is 16.4. The van der Waals surface area contributed by atoms with E-state index in [1.165, 1.54) is 12.8 Å². The Morgan fingerprint density at radius 1 is 1.24 bits per heavy atom. The van der Waals surface area contributed by atoms with Gasteiger partial charge in [0.05, 0.1) is 6.04 Å². The molecule has 0 bridgehead atoms. The maximum absolute atomic E-state index is 12.9. The number of hydrogen-bond acceptors (Lipinski definition) is 5. The third-order valence-electron chi connectivity index (χ3n) is 5.42. The molecule has 3 aliphatic rings. The van der Waals surface area contributed by atoms with Gasteiger partial charge in [0.1, 0.15) is 12.4 Å². The number of rotatable bonds is 4. The van der Waals surface area contributed by atoms with Crippen molar-refractivity contribution in [3.63, 3.8) is 0 Å². The van der Waals surface area contributed by atoms with Gasteiger partial charge in [0.25, 0.3) is 5.91 Å². The zero-order valence-electron chi connectivity index (χ0n) is 14.7. The lowest BCUT2D eigenvalue weighted by atomic mass is 10.1. The number of cyclic esters (lactones) is 1. The van der Waals surface area contributed by atoms with E-state index >= 15 is 0 Å². The highest BCUT2D eigenvalue weighted by molar-refractivity contribution is 5.92. The van der Waals surface area contributed by atoms with Crippen LogP contribution in [0.1, 0.15) is 41.6 Å². The van der Waals surface area contributed by atoms with Crippen molar-refractivity contribution < 1.29 is 18.7 Å². The summed E-state index contributed by atoms with van der Waals surface area (Å²) in [5, 5.41) is 0. The topological polar surface area (TPSA) is 66.2 Å². The molecule has 1 atom stereocenters. The molecule has 7 heteroatoms. The second-order valence-electron chi connectivity index (χ2n) is 7.07. The monoisotopic (exact) mass is 347 g/mol. The average molecular weight is 347 g/mol. The number of piperazine rings is 1. The zero-order chi connectivity index (χ0) is 17.4. The number of nitrogens with zero attached hydrogens (tertiary/aromatic N) is 3. The van der Waals surface area contributed by atoms with E-state index in [0.29, 0.717) is 32.0 Å². The van der Waals surface area contributed by atoms with Gasteiger partial charge in [0.15, 0.2) is 5.76 Å². The number of likely N-dealkylation sites (tertiary alicyclic amines) is 1. The summed E-state index contributed by atoms with van der Waals surface area (Å²) < 4.78 is 11.0. The average Bonchev–Trinajstić information content (AvgIpc) is 3.35. The second-order valence-corrected chi connectivity index (χ2v) is 7.07. The number of hydrogen-bond donors (Lipinski definition) is 0. The van der Waals surface area contributed by atoms with Gasteiger partial charge in [-0.2, -0.15) is 0 Å². The first-order valence-electron chi connectivity index (χ1n) is 9.22. The molecule has 1 aromatic rings. The van der Waals surface area contributed by atoms with Crippen LogP contribution in [-0.2, 0) is 17.7 Å². The SMILES string of the molecule is CCc1oc(C(=O)N2CCN3C(=O)OC[C@H]3C2)cc1CN1CCCC1. The first-order chi connectivity index (χ1) is 12.2. The molecular weight excluding hydrogens is 322 g/mol. The highest BCUT2D eigenvalue weighted by atomic mass is 16.6. The summed E-state index contributed by atoms with van der Waals surface area (Å²) in [7, 11) is 0. The van der Waals surface area contributed by atoms with E-state index < -0.39 is 0 Å². The van der Waals surface area contributed by atoms with E-state index in [4.69, 9.17) is 9.15 Å². The number of furan rings is 1. The van der Waals surface area contributed by atoms with Crippen molar-refractivity contribution >= 4 is 12.0 Å². The third-order valence-corrected chi connectivity index (χ3v) is 5.42. The van der Waals surface area contributed by atoms with Crippen LogP contribution >= 0.6 is 0 Å². The second kappa shape index (κ2) is 6.71. The lowest BCUT2D eigenvalue weighted by Gasteiger charge is -2.34. The standard InChI is InChI=1S/C18H25N3O4/c1-2-15-13(10-19-5-3-4-6-19)9-16(25-15)17(22)20-7-8-21-14(11-20)12-24-18(21)23/h9,14H,2-8,10-12H2,1H3/t14-/m1/s1. The molecule has 3 aliphatic heterocycles. The molecule has 2 amide bonds. The fourth-order valence-electron chi connectivity index (χ4n) is 4.02. The summed E-state index contributed by atoms with van der Waals surface area (Å²) in [4.78, 5) is 30.4. The molecule has 4 rings (SSSR count). The molecule has 3 fully saturated rings. The molecule has 0 unspecified atom stereocenters. The van der Waals surface area contributed by atoms with Crippen molar-refractivity contribution in [2.45, 2.75) is 38.8 Å². The number of amides is 2. The predicted octanol–water partition coefficient (Wildman–Crippen LogP) is 1.71. The summed E-state index contributed by atoms with van der Waals surface area (Å²) in [6.45, 7) is 7.07. The van der Waals surface area contributed by atoms with Crippen LogP contribution in [0.2, 0.25) is 0 Å². The van der Waals surface area contributed by atoms with E-state index in [1.54, 1.807) is 9.80 Å². The fraction of sp³-hybridized carbons (Fsp3) is 0.667. The Bertz CT molecular complexity index is 665. The molecule has 0 aliphatic carbocycles. The molecule has 0 radical (unpaired) electrons. The van der Waals surface area contributed by atoms with E-state index in [9.17, 15) is 9.59 Å². The Hall–Kier alpha value is -2.02. The van der Waals surface area contributed by atoms with Gasteiger partial charge in [-0.1, -0.05) is 6.92 Å². The molecule has 136 valence electrons. The van der Waals surface area contributed by atoms with Crippen LogP contribution in [-0.4, -0.2) is 72.1 Å². The summed E-state index contributed by atoms with van der Waals surface area (Å²) >= 11 is 0. The first-order valence-corrected chi connectivity index (χ1v) is 9.22. The summed E-state index contributed by atoms with van der Waals surface area (Å²) in [6.07, 6.45) is 3.01. The summed E-state index contributed by atoms with van der Waals surface area (Å²) in [6, 6.07) is 1.89. The number of aryl methyl sites for hydroxylation is 1. The third kappa shape index (κ3) is 3.13. The van der Waals surface area contributed by atoms with E-state index in [1.807, 2.05) is 6.07 Å². The number of ether oxygens (including phenoxy) is 1. The smallest absolute Gasteiger partial charge is 0.410 e. The summed E-state index contributed by atoms with van der Waals surface area (Å²) in [5.74, 6) is 1.25. The Labute approximate surface area is 147 Å². The zero-order valence-corrected chi connectivity index (χ0v) is 14.7. The molecular formula is C18H25N3O4. The number of carbonyl (C=O) groups is 2. The number of fused-ring (bicyclic) bond motifs is 1. The Balaban J connectivity index is 1.46. The molecule has 25 heavy (non-hydrogen) atoms. The van der Waals surface area contributed by atoms with Crippen molar-refractivity contribution in [1.29, 1.82) is 0 Å². The van der Waals surface area contributed by atoms with E-state index in [-0.39, 0.29) is 18.0 Å². The van der Waals surface area contributed by atoms with Crippen molar-refractivity contribution in [1.82, 2.24) is 14.7 Å². The Morgan fingerprint density at radius 3 is 2.80 bits per heavy atom. The van der Waals surface area contributed by atoms with Crippen LogP contribution in [0.5, 0.6) is 0 Å². The van der Waals surface area contributed by atoms with Crippen LogP contribution < -0.4 is 0 Å². The fourth-order valence-corrected chi connectivity index (χ4v) is 4.02. The van der Waals surface area contributed by atoms with Crippen molar-refractivity contribution in [3.8, 4) is 0 Å². The van der Waals surface area contributed by atoms with Crippen molar-refractivity contribution in [2.75, 3.05) is 39.3 Å². The summed E-state index contributed by atoms with van der Waals surface area (Å²) in [5.41, 5.74) is 1.13. The highest BCUT2D eigenvalue weighted by Gasteiger charge is 2.39. The number of carbonyl (C=O) groups excluding carboxylic acids is 2. The van der Waals surface area contributed by atoms with Gasteiger partial charge < -0.3 is 14.1 Å². The maximum atomic E-state index is 12.9. The van der Waals surface area contributed by atoms with Crippen LogP contribution in [0.4, 0.5) is 4.79 Å². The molecule has 1 aromatic heterocycles. The van der Waals surface area contributed by atoms with E-state index in [2.05, 4.69) is 11.8 Å².